The van der Waals surface area contributed by atoms with Gasteiger partial charge in [-0.3, -0.25) is 0 Å². The van der Waals surface area contributed by atoms with Crippen LogP contribution >= 0.6 is 27.5 Å². The first-order valence-corrected chi connectivity index (χ1v) is 6.34. The second-order valence-corrected chi connectivity index (χ2v) is 5.07. The molecule has 0 unspecified atom stereocenters. The van der Waals surface area contributed by atoms with Crippen LogP contribution in [0.2, 0.25) is 5.02 Å². The van der Waals surface area contributed by atoms with E-state index in [1.165, 1.54) is 12.1 Å². The molecule has 0 aliphatic carbocycles. The van der Waals surface area contributed by atoms with Crippen molar-refractivity contribution in [3.8, 4) is 5.75 Å². The molecule has 0 heterocycles. The van der Waals surface area contributed by atoms with Gasteiger partial charge in [-0.15, -0.1) is 0 Å². The van der Waals surface area contributed by atoms with Gasteiger partial charge in [0.1, 0.15) is 18.2 Å². The number of hydrogen-bond donors (Lipinski definition) is 1. The van der Waals surface area contributed by atoms with E-state index in [4.69, 9.17) is 22.1 Å². The normalized spacial score (nSPS) is 10.4. The number of hydrogen-bond acceptors (Lipinski definition) is 2. The van der Waals surface area contributed by atoms with Crippen molar-refractivity contribution in [2.24, 2.45) is 0 Å². The Morgan fingerprint density at radius 2 is 2.00 bits per heavy atom. The molecule has 2 rings (SSSR count). The molecule has 2 nitrogen and oxygen atoms in total. The van der Waals surface area contributed by atoms with Gasteiger partial charge < -0.3 is 10.5 Å². The third-order valence-electron chi connectivity index (χ3n) is 2.31. The summed E-state index contributed by atoms with van der Waals surface area (Å²) in [6.07, 6.45) is 0. The van der Waals surface area contributed by atoms with E-state index in [-0.39, 0.29) is 12.4 Å². The number of anilines is 1. The van der Waals surface area contributed by atoms with Gasteiger partial charge in [0.15, 0.2) is 0 Å². The fourth-order valence-corrected chi connectivity index (χ4v) is 2.14. The third-order valence-corrected chi connectivity index (χ3v) is 3.12. The standard InChI is InChI=1S/C13H10BrClFNO/c14-9-3-10(16)5-12(4-9)18-7-8-1-2-11(17)6-13(8)15/h1-6H,7,17H2. The zero-order chi connectivity index (χ0) is 13.1. The molecule has 0 aliphatic heterocycles. The topological polar surface area (TPSA) is 35.2 Å². The van der Waals surface area contributed by atoms with Crippen LogP contribution in [0, 0.1) is 5.82 Å². The Bertz CT molecular complexity index is 557. The number of halogens is 3. The molecule has 94 valence electrons. The van der Waals surface area contributed by atoms with Crippen LogP contribution in [0.15, 0.2) is 40.9 Å². The van der Waals surface area contributed by atoms with Crippen LogP contribution in [0.1, 0.15) is 5.56 Å². The Labute approximate surface area is 118 Å². The molecule has 0 aliphatic rings. The summed E-state index contributed by atoms with van der Waals surface area (Å²) in [5.74, 6) is 0.0811. The van der Waals surface area contributed by atoms with Crippen molar-refractivity contribution in [1.82, 2.24) is 0 Å². The van der Waals surface area contributed by atoms with E-state index in [1.54, 1.807) is 24.3 Å². The molecule has 0 saturated carbocycles. The molecule has 0 saturated heterocycles. The average molecular weight is 331 g/mol. The number of nitrogen functional groups attached to an aromatic ring is 1. The van der Waals surface area contributed by atoms with Gasteiger partial charge in [-0.05, 0) is 24.3 Å². The summed E-state index contributed by atoms with van der Waals surface area (Å²) < 4.78 is 19.2. The van der Waals surface area contributed by atoms with Gasteiger partial charge in [-0.1, -0.05) is 33.6 Å². The minimum absolute atomic E-state index is 0.259. The Hall–Kier alpha value is -1.26. The second kappa shape index (κ2) is 5.59. The van der Waals surface area contributed by atoms with Crippen molar-refractivity contribution >= 4 is 33.2 Å². The third kappa shape index (κ3) is 3.37. The Morgan fingerprint density at radius 3 is 2.67 bits per heavy atom. The van der Waals surface area contributed by atoms with E-state index in [2.05, 4.69) is 15.9 Å². The summed E-state index contributed by atoms with van der Waals surface area (Å²) >= 11 is 9.22. The second-order valence-electron chi connectivity index (χ2n) is 3.74. The van der Waals surface area contributed by atoms with E-state index in [9.17, 15) is 4.39 Å². The molecule has 2 aromatic carbocycles. The van der Waals surface area contributed by atoms with Crippen molar-refractivity contribution in [3.05, 3.63) is 57.3 Å². The van der Waals surface area contributed by atoms with E-state index in [0.29, 0.717) is 20.9 Å². The zero-order valence-electron chi connectivity index (χ0n) is 9.29. The molecule has 5 heteroatoms. The predicted molar refractivity (Wildman–Crippen MR) is 74.3 cm³/mol. The molecule has 0 spiro atoms. The van der Waals surface area contributed by atoms with Gasteiger partial charge in [-0.25, -0.2) is 4.39 Å². The molecule has 0 amide bonds. The van der Waals surface area contributed by atoms with Crippen LogP contribution in [-0.2, 0) is 6.61 Å². The van der Waals surface area contributed by atoms with Crippen LogP contribution in [0.4, 0.5) is 10.1 Å². The number of ether oxygens (including phenoxy) is 1. The lowest BCUT2D eigenvalue weighted by Crippen LogP contribution is -1.97. The summed E-state index contributed by atoms with van der Waals surface area (Å²) in [7, 11) is 0. The highest BCUT2D eigenvalue weighted by Gasteiger charge is 2.04. The lowest BCUT2D eigenvalue weighted by atomic mass is 10.2. The van der Waals surface area contributed by atoms with Crippen molar-refractivity contribution in [1.29, 1.82) is 0 Å². The molecule has 2 aromatic rings. The smallest absolute Gasteiger partial charge is 0.128 e. The summed E-state index contributed by atoms with van der Waals surface area (Å²) in [4.78, 5) is 0. The summed E-state index contributed by atoms with van der Waals surface area (Å²) in [6, 6.07) is 9.55. The van der Waals surface area contributed by atoms with Gasteiger partial charge in [0.05, 0.1) is 0 Å². The maximum Gasteiger partial charge on any atom is 0.128 e. The molecule has 0 radical (unpaired) electrons. The van der Waals surface area contributed by atoms with Crippen LogP contribution < -0.4 is 10.5 Å². The van der Waals surface area contributed by atoms with Gasteiger partial charge in [-0.2, -0.15) is 0 Å². The fourth-order valence-electron chi connectivity index (χ4n) is 1.45. The van der Waals surface area contributed by atoms with Crippen molar-refractivity contribution in [2.45, 2.75) is 6.61 Å². The van der Waals surface area contributed by atoms with Crippen LogP contribution in [-0.4, -0.2) is 0 Å². The van der Waals surface area contributed by atoms with E-state index in [0.717, 1.165) is 5.56 Å². The number of nitrogens with two attached hydrogens (primary N) is 1. The zero-order valence-corrected chi connectivity index (χ0v) is 11.6. The van der Waals surface area contributed by atoms with Gasteiger partial charge in [0.2, 0.25) is 0 Å². The molecule has 18 heavy (non-hydrogen) atoms. The molecule has 0 aromatic heterocycles. The minimum atomic E-state index is -0.359. The fraction of sp³-hybridized carbons (Fsp3) is 0.0769. The molecule has 0 fully saturated rings. The highest BCUT2D eigenvalue weighted by atomic mass is 79.9. The van der Waals surface area contributed by atoms with Crippen molar-refractivity contribution < 1.29 is 9.13 Å². The number of benzene rings is 2. The molecule has 2 N–H and O–H groups in total. The Kier molecular flexibility index (Phi) is 4.09. The largest absolute Gasteiger partial charge is 0.489 e. The minimum Gasteiger partial charge on any atom is -0.489 e. The maximum atomic E-state index is 13.1. The quantitative estimate of drug-likeness (QED) is 0.846. The molecular weight excluding hydrogens is 321 g/mol. The Morgan fingerprint density at radius 1 is 1.22 bits per heavy atom. The van der Waals surface area contributed by atoms with Crippen LogP contribution in [0.3, 0.4) is 0 Å². The molecule has 0 atom stereocenters. The predicted octanol–water partition coefficient (Wildman–Crippen LogP) is 4.40. The highest BCUT2D eigenvalue weighted by molar-refractivity contribution is 9.10. The summed E-state index contributed by atoms with van der Waals surface area (Å²) in [6.45, 7) is 0.259. The first-order chi connectivity index (χ1) is 8.54. The van der Waals surface area contributed by atoms with Gasteiger partial charge in [0, 0.05) is 26.8 Å². The summed E-state index contributed by atoms with van der Waals surface area (Å²) in [5.41, 5.74) is 6.99. The summed E-state index contributed by atoms with van der Waals surface area (Å²) in [5, 5.41) is 0.533. The monoisotopic (exact) mass is 329 g/mol. The van der Waals surface area contributed by atoms with Crippen LogP contribution in [0.5, 0.6) is 5.75 Å². The maximum absolute atomic E-state index is 13.1. The van der Waals surface area contributed by atoms with Crippen molar-refractivity contribution in [3.63, 3.8) is 0 Å². The SMILES string of the molecule is Nc1ccc(COc2cc(F)cc(Br)c2)c(Cl)c1. The molecular formula is C13H10BrClFNO. The van der Waals surface area contributed by atoms with E-state index < -0.39 is 0 Å². The van der Waals surface area contributed by atoms with Gasteiger partial charge in [0.25, 0.3) is 0 Å². The van der Waals surface area contributed by atoms with Crippen LogP contribution in [0.25, 0.3) is 0 Å². The Balaban J connectivity index is 2.11. The van der Waals surface area contributed by atoms with Crippen molar-refractivity contribution in [2.75, 3.05) is 5.73 Å². The van der Waals surface area contributed by atoms with Gasteiger partial charge >= 0.3 is 0 Å². The highest BCUT2D eigenvalue weighted by Crippen LogP contribution is 2.24. The lowest BCUT2D eigenvalue weighted by molar-refractivity contribution is 0.304. The lowest BCUT2D eigenvalue weighted by Gasteiger charge is -2.09. The first-order valence-electron chi connectivity index (χ1n) is 5.17. The average Bonchev–Trinajstić information content (AvgIpc) is 2.26. The first kappa shape index (κ1) is 13.2. The number of rotatable bonds is 3. The van der Waals surface area contributed by atoms with E-state index >= 15 is 0 Å². The van der Waals surface area contributed by atoms with E-state index in [1.807, 2.05) is 0 Å². The molecule has 0 bridgehead atoms.